The minimum Gasteiger partial charge on any atom is -0.497 e. The second-order valence-corrected chi connectivity index (χ2v) is 4.56. The summed E-state index contributed by atoms with van der Waals surface area (Å²) in [6.07, 6.45) is 0. The van der Waals surface area contributed by atoms with E-state index >= 15 is 0 Å². The number of ether oxygens (including phenoxy) is 2. The van der Waals surface area contributed by atoms with Crippen LogP contribution in [0.25, 0.3) is 0 Å². The molecule has 0 saturated carbocycles. The molecule has 15 heavy (non-hydrogen) atoms. The van der Waals surface area contributed by atoms with Crippen molar-refractivity contribution in [2.24, 2.45) is 0 Å². The average Bonchev–Trinajstić information content (AvgIpc) is 2.81. The molecule has 3 nitrogen and oxygen atoms in total. The number of methoxy groups -OCH3 is 2. The van der Waals surface area contributed by atoms with Crippen LogP contribution in [0.2, 0.25) is 0 Å². The molecule has 82 valence electrons. The molecule has 1 aromatic rings. The van der Waals surface area contributed by atoms with Gasteiger partial charge in [-0.05, 0) is 17.7 Å². The molecule has 0 bridgehead atoms. The highest BCUT2D eigenvalue weighted by Crippen LogP contribution is 2.34. The van der Waals surface area contributed by atoms with Gasteiger partial charge in [0.1, 0.15) is 11.5 Å². The van der Waals surface area contributed by atoms with E-state index in [1.165, 1.54) is 5.56 Å². The van der Waals surface area contributed by atoms with Gasteiger partial charge in [-0.1, -0.05) is 0 Å². The van der Waals surface area contributed by atoms with Crippen molar-refractivity contribution in [3.8, 4) is 11.5 Å². The maximum atomic E-state index is 5.24. The van der Waals surface area contributed by atoms with Crippen LogP contribution in [0.3, 0.4) is 0 Å². The van der Waals surface area contributed by atoms with Crippen LogP contribution >= 0.6 is 11.8 Å². The zero-order valence-corrected chi connectivity index (χ0v) is 9.76. The lowest BCUT2D eigenvalue weighted by atomic mass is 10.2. The van der Waals surface area contributed by atoms with Crippen LogP contribution in [0.1, 0.15) is 10.9 Å². The number of nitrogens with one attached hydrogen (secondary N) is 1. The zero-order valence-electron chi connectivity index (χ0n) is 8.95. The van der Waals surface area contributed by atoms with Gasteiger partial charge in [0, 0.05) is 18.4 Å². The first-order chi connectivity index (χ1) is 7.33. The fourth-order valence-electron chi connectivity index (χ4n) is 1.62. The van der Waals surface area contributed by atoms with Gasteiger partial charge >= 0.3 is 0 Å². The lowest BCUT2D eigenvalue weighted by Gasteiger charge is -2.13. The standard InChI is InChI=1S/C11H15NO2S/c1-13-9-5-8(6-10(7-9)14-2)11-12-3-4-15-11/h5-7,11-12H,3-4H2,1-2H3/t11-/m0/s1. The molecule has 0 spiro atoms. The number of thioether (sulfide) groups is 1. The molecule has 1 aliphatic heterocycles. The summed E-state index contributed by atoms with van der Waals surface area (Å²) in [5.74, 6) is 2.85. The molecule has 0 radical (unpaired) electrons. The maximum absolute atomic E-state index is 5.24. The van der Waals surface area contributed by atoms with E-state index in [0.717, 1.165) is 23.8 Å². The quantitative estimate of drug-likeness (QED) is 0.852. The van der Waals surface area contributed by atoms with E-state index < -0.39 is 0 Å². The summed E-state index contributed by atoms with van der Waals surface area (Å²) < 4.78 is 10.5. The molecule has 2 rings (SSSR count). The Morgan fingerprint density at radius 2 is 1.87 bits per heavy atom. The third-order valence-electron chi connectivity index (χ3n) is 2.39. The Labute approximate surface area is 94.2 Å². The lowest BCUT2D eigenvalue weighted by Crippen LogP contribution is -2.12. The Morgan fingerprint density at radius 1 is 1.20 bits per heavy atom. The summed E-state index contributed by atoms with van der Waals surface area (Å²) in [6.45, 7) is 1.06. The Balaban J connectivity index is 2.28. The molecule has 0 aliphatic carbocycles. The highest BCUT2D eigenvalue weighted by atomic mass is 32.2. The van der Waals surface area contributed by atoms with Crippen LogP contribution in [0.15, 0.2) is 18.2 Å². The van der Waals surface area contributed by atoms with Gasteiger partial charge in [0.2, 0.25) is 0 Å². The van der Waals surface area contributed by atoms with E-state index in [1.54, 1.807) is 14.2 Å². The van der Waals surface area contributed by atoms with E-state index in [0.29, 0.717) is 5.37 Å². The van der Waals surface area contributed by atoms with Gasteiger partial charge < -0.3 is 14.8 Å². The molecule has 1 heterocycles. The number of benzene rings is 1. The van der Waals surface area contributed by atoms with E-state index in [9.17, 15) is 0 Å². The summed E-state index contributed by atoms with van der Waals surface area (Å²) in [7, 11) is 3.35. The Morgan fingerprint density at radius 3 is 2.33 bits per heavy atom. The zero-order chi connectivity index (χ0) is 10.7. The Bertz CT molecular complexity index is 315. The SMILES string of the molecule is COc1cc(OC)cc([C@H]2NCCS2)c1. The van der Waals surface area contributed by atoms with Gasteiger partial charge in [-0.25, -0.2) is 0 Å². The fourth-order valence-corrected chi connectivity index (χ4v) is 2.66. The molecular formula is C11H15NO2S. The highest BCUT2D eigenvalue weighted by molar-refractivity contribution is 7.99. The first-order valence-corrected chi connectivity index (χ1v) is 5.96. The smallest absolute Gasteiger partial charge is 0.122 e. The van der Waals surface area contributed by atoms with E-state index in [4.69, 9.17) is 9.47 Å². The summed E-state index contributed by atoms with van der Waals surface area (Å²) >= 11 is 1.91. The molecule has 1 atom stereocenters. The lowest BCUT2D eigenvalue weighted by molar-refractivity contribution is 0.393. The third-order valence-corrected chi connectivity index (χ3v) is 3.60. The average molecular weight is 225 g/mol. The van der Waals surface area contributed by atoms with E-state index in [2.05, 4.69) is 17.4 Å². The highest BCUT2D eigenvalue weighted by Gasteiger charge is 2.18. The van der Waals surface area contributed by atoms with Gasteiger partial charge in [0.05, 0.1) is 19.6 Å². The maximum Gasteiger partial charge on any atom is 0.122 e. The van der Waals surface area contributed by atoms with Gasteiger partial charge in [0.25, 0.3) is 0 Å². The normalized spacial score (nSPS) is 20.3. The molecule has 1 fully saturated rings. The summed E-state index contributed by atoms with van der Waals surface area (Å²) in [4.78, 5) is 0. The number of rotatable bonds is 3. The van der Waals surface area contributed by atoms with Crippen molar-refractivity contribution in [1.82, 2.24) is 5.32 Å². The second-order valence-electron chi connectivity index (χ2n) is 3.35. The van der Waals surface area contributed by atoms with Crippen molar-refractivity contribution in [2.45, 2.75) is 5.37 Å². The topological polar surface area (TPSA) is 30.5 Å². The number of hydrogen-bond acceptors (Lipinski definition) is 4. The summed E-state index contributed by atoms with van der Waals surface area (Å²) in [5, 5.41) is 3.80. The molecule has 1 aromatic carbocycles. The second kappa shape index (κ2) is 4.77. The van der Waals surface area contributed by atoms with Crippen LogP contribution in [-0.2, 0) is 0 Å². The first kappa shape index (κ1) is 10.6. The number of hydrogen-bond donors (Lipinski definition) is 1. The van der Waals surface area contributed by atoms with Crippen LogP contribution in [0.5, 0.6) is 11.5 Å². The molecule has 1 saturated heterocycles. The van der Waals surface area contributed by atoms with Gasteiger partial charge in [-0.15, -0.1) is 11.8 Å². The molecule has 0 aromatic heterocycles. The van der Waals surface area contributed by atoms with E-state index in [-0.39, 0.29) is 0 Å². The predicted molar refractivity (Wildman–Crippen MR) is 62.7 cm³/mol. The predicted octanol–water partition coefficient (Wildman–Crippen LogP) is 2.04. The van der Waals surface area contributed by atoms with Crippen molar-refractivity contribution in [2.75, 3.05) is 26.5 Å². The molecule has 1 N–H and O–H groups in total. The Hall–Kier alpha value is -0.870. The van der Waals surface area contributed by atoms with Crippen LogP contribution in [-0.4, -0.2) is 26.5 Å². The van der Waals surface area contributed by atoms with Gasteiger partial charge in [-0.2, -0.15) is 0 Å². The van der Waals surface area contributed by atoms with Crippen molar-refractivity contribution in [3.05, 3.63) is 23.8 Å². The van der Waals surface area contributed by atoms with Crippen LogP contribution < -0.4 is 14.8 Å². The molecular weight excluding hydrogens is 210 g/mol. The third kappa shape index (κ3) is 2.38. The minimum atomic E-state index is 0.369. The van der Waals surface area contributed by atoms with Crippen molar-refractivity contribution < 1.29 is 9.47 Å². The van der Waals surface area contributed by atoms with Crippen molar-refractivity contribution in [1.29, 1.82) is 0 Å². The molecule has 1 aliphatic rings. The Kier molecular flexibility index (Phi) is 3.38. The molecule has 0 amide bonds. The van der Waals surface area contributed by atoms with Gasteiger partial charge in [0.15, 0.2) is 0 Å². The van der Waals surface area contributed by atoms with Crippen molar-refractivity contribution >= 4 is 11.8 Å². The van der Waals surface area contributed by atoms with Crippen LogP contribution in [0.4, 0.5) is 0 Å². The van der Waals surface area contributed by atoms with Crippen LogP contribution in [0, 0.1) is 0 Å². The van der Waals surface area contributed by atoms with E-state index in [1.807, 2.05) is 17.8 Å². The summed E-state index contributed by atoms with van der Waals surface area (Å²) in [6, 6.07) is 6.00. The minimum absolute atomic E-state index is 0.369. The summed E-state index contributed by atoms with van der Waals surface area (Å²) in [5.41, 5.74) is 1.22. The largest absolute Gasteiger partial charge is 0.497 e. The monoisotopic (exact) mass is 225 g/mol. The van der Waals surface area contributed by atoms with Gasteiger partial charge in [-0.3, -0.25) is 0 Å². The first-order valence-electron chi connectivity index (χ1n) is 4.91. The molecule has 0 unspecified atom stereocenters. The fraction of sp³-hybridized carbons (Fsp3) is 0.455. The molecule has 4 heteroatoms. The van der Waals surface area contributed by atoms with Crippen molar-refractivity contribution in [3.63, 3.8) is 0 Å².